The maximum Gasteiger partial charge on any atom is 0.232 e. The van der Waals surface area contributed by atoms with Gasteiger partial charge < -0.3 is 15.0 Å². The number of H-pyrrole nitrogens is 1. The zero-order valence-electron chi connectivity index (χ0n) is 13.7. The van der Waals surface area contributed by atoms with Gasteiger partial charge in [-0.2, -0.15) is 0 Å². The second-order valence-electron chi connectivity index (χ2n) is 5.99. The summed E-state index contributed by atoms with van der Waals surface area (Å²) in [6.07, 6.45) is 9.49. The Kier molecular flexibility index (Phi) is 4.26. The fourth-order valence-electron chi connectivity index (χ4n) is 2.98. The second-order valence-corrected chi connectivity index (χ2v) is 5.99. The Morgan fingerprint density at radius 2 is 2.00 bits per heavy atom. The summed E-state index contributed by atoms with van der Waals surface area (Å²) in [5, 5.41) is 3.45. The van der Waals surface area contributed by atoms with E-state index in [9.17, 15) is 0 Å². The monoisotopic (exact) mass is 333 g/mol. The summed E-state index contributed by atoms with van der Waals surface area (Å²) < 4.78 is 5.86. The number of rotatable bonds is 5. The minimum Gasteiger partial charge on any atom is -0.472 e. The van der Waals surface area contributed by atoms with E-state index in [0.717, 1.165) is 35.6 Å². The van der Waals surface area contributed by atoms with E-state index in [-0.39, 0.29) is 12.1 Å². The van der Waals surface area contributed by atoms with Crippen LogP contribution in [0.2, 0.25) is 0 Å². The van der Waals surface area contributed by atoms with E-state index < -0.39 is 0 Å². The Morgan fingerprint density at radius 3 is 2.76 bits per heavy atom. The van der Waals surface area contributed by atoms with Gasteiger partial charge in [0.2, 0.25) is 5.88 Å². The van der Waals surface area contributed by atoms with Gasteiger partial charge in [-0.1, -0.05) is 36.9 Å². The van der Waals surface area contributed by atoms with E-state index in [1.807, 2.05) is 24.4 Å². The Hall–Kier alpha value is -2.99. The molecule has 1 aromatic carbocycles. The zero-order valence-corrected chi connectivity index (χ0v) is 13.7. The van der Waals surface area contributed by atoms with Crippen molar-refractivity contribution in [3.63, 3.8) is 0 Å². The lowest BCUT2D eigenvalue weighted by molar-refractivity contribution is 0.210. The first-order chi connectivity index (χ1) is 12.3. The lowest BCUT2D eigenvalue weighted by Crippen LogP contribution is -2.20. The van der Waals surface area contributed by atoms with E-state index in [4.69, 9.17) is 4.74 Å². The maximum absolute atomic E-state index is 5.86. The molecular weight excluding hydrogens is 314 g/mol. The first-order valence-corrected chi connectivity index (χ1v) is 8.25. The Morgan fingerprint density at radius 1 is 1.12 bits per heavy atom. The van der Waals surface area contributed by atoms with Gasteiger partial charge in [-0.3, -0.25) is 4.98 Å². The van der Waals surface area contributed by atoms with Gasteiger partial charge in [-0.25, -0.2) is 9.97 Å². The minimum atomic E-state index is 0.0575. The predicted molar refractivity (Wildman–Crippen MR) is 95.9 cm³/mol. The first kappa shape index (κ1) is 15.5. The number of nitrogens with zero attached hydrogens (tertiary/aromatic N) is 3. The van der Waals surface area contributed by atoms with E-state index in [2.05, 4.69) is 44.0 Å². The molecule has 126 valence electrons. The maximum atomic E-state index is 5.86. The molecule has 0 aliphatic carbocycles. The normalized spacial score (nSPS) is 19.7. The molecule has 3 aromatic rings. The molecule has 1 aliphatic rings. The molecule has 1 saturated heterocycles. The summed E-state index contributed by atoms with van der Waals surface area (Å²) in [5.74, 6) is 1.48. The van der Waals surface area contributed by atoms with Gasteiger partial charge in [0, 0.05) is 25.4 Å². The summed E-state index contributed by atoms with van der Waals surface area (Å²) in [6.45, 7) is 4.53. The molecule has 0 amide bonds. The molecule has 0 spiro atoms. The molecule has 3 heterocycles. The van der Waals surface area contributed by atoms with Crippen LogP contribution in [0.1, 0.15) is 23.9 Å². The molecule has 2 N–H and O–H groups in total. The number of hydrogen-bond donors (Lipinski definition) is 2. The number of aromatic amines is 1. The Labute approximate surface area is 146 Å². The largest absolute Gasteiger partial charge is 0.472 e. The third kappa shape index (κ3) is 3.44. The fraction of sp³-hybridized carbons (Fsp3) is 0.211. The highest BCUT2D eigenvalue weighted by Gasteiger charge is 2.29. The molecule has 2 aromatic heterocycles. The zero-order chi connectivity index (χ0) is 17.1. The van der Waals surface area contributed by atoms with Crippen LogP contribution in [0.4, 0.5) is 0 Å². The number of aromatic nitrogens is 4. The standard InChI is InChI=1S/C19H19N5O/c1-2-13-3-5-14(6-4-13)17-11-23-19(24-17)16-9-15(10-22-16)25-18-12-20-7-8-21-18/h2-8,11-12,15-16,22H,1,9-10H2,(H,23,24)/t15-,16-/m0/s1. The van der Waals surface area contributed by atoms with Crippen LogP contribution in [0, 0.1) is 0 Å². The van der Waals surface area contributed by atoms with Crippen LogP contribution in [0.5, 0.6) is 5.88 Å². The lowest BCUT2D eigenvalue weighted by atomic mass is 10.1. The molecule has 4 rings (SSSR count). The van der Waals surface area contributed by atoms with Gasteiger partial charge >= 0.3 is 0 Å². The number of imidazole rings is 1. The summed E-state index contributed by atoms with van der Waals surface area (Å²) in [5.41, 5.74) is 3.21. The average molecular weight is 333 g/mol. The first-order valence-electron chi connectivity index (χ1n) is 8.25. The molecule has 6 nitrogen and oxygen atoms in total. The van der Waals surface area contributed by atoms with Crippen LogP contribution in [0.15, 0.2) is 55.6 Å². The summed E-state index contributed by atoms with van der Waals surface area (Å²) in [4.78, 5) is 16.1. The van der Waals surface area contributed by atoms with Crippen molar-refractivity contribution in [2.45, 2.75) is 18.6 Å². The number of nitrogens with one attached hydrogen (secondary N) is 2. The molecule has 1 aliphatic heterocycles. The highest BCUT2D eigenvalue weighted by atomic mass is 16.5. The highest BCUT2D eigenvalue weighted by Crippen LogP contribution is 2.26. The number of benzene rings is 1. The Bertz CT molecular complexity index is 844. The molecule has 6 heteroatoms. The van der Waals surface area contributed by atoms with E-state index in [1.54, 1.807) is 18.6 Å². The smallest absolute Gasteiger partial charge is 0.232 e. The Balaban J connectivity index is 1.43. The van der Waals surface area contributed by atoms with Crippen LogP contribution >= 0.6 is 0 Å². The summed E-state index contributed by atoms with van der Waals surface area (Å²) in [6, 6.07) is 8.36. The van der Waals surface area contributed by atoms with Crippen LogP contribution < -0.4 is 10.1 Å². The van der Waals surface area contributed by atoms with Crippen LogP contribution in [-0.2, 0) is 0 Å². The topological polar surface area (TPSA) is 75.7 Å². The van der Waals surface area contributed by atoms with Crippen molar-refractivity contribution in [1.82, 2.24) is 25.3 Å². The van der Waals surface area contributed by atoms with Gasteiger partial charge in [-0.05, 0) is 11.1 Å². The predicted octanol–water partition coefficient (Wildman–Crippen LogP) is 2.99. The second kappa shape index (κ2) is 6.86. The van der Waals surface area contributed by atoms with Crippen molar-refractivity contribution >= 4 is 6.08 Å². The summed E-state index contributed by atoms with van der Waals surface area (Å²) in [7, 11) is 0. The van der Waals surface area contributed by atoms with Gasteiger partial charge in [0.1, 0.15) is 11.9 Å². The van der Waals surface area contributed by atoms with Crippen LogP contribution in [0.3, 0.4) is 0 Å². The number of hydrogen-bond acceptors (Lipinski definition) is 5. The van der Waals surface area contributed by atoms with E-state index in [1.165, 1.54) is 0 Å². The van der Waals surface area contributed by atoms with Gasteiger partial charge in [0.05, 0.1) is 24.1 Å². The van der Waals surface area contributed by atoms with Crippen molar-refractivity contribution in [2.24, 2.45) is 0 Å². The van der Waals surface area contributed by atoms with Crippen molar-refractivity contribution < 1.29 is 4.74 Å². The summed E-state index contributed by atoms with van der Waals surface area (Å²) >= 11 is 0. The van der Waals surface area contributed by atoms with Crippen molar-refractivity contribution in [3.05, 3.63) is 67.0 Å². The van der Waals surface area contributed by atoms with Gasteiger partial charge in [-0.15, -0.1) is 0 Å². The van der Waals surface area contributed by atoms with Crippen molar-refractivity contribution in [3.8, 4) is 17.1 Å². The molecule has 0 unspecified atom stereocenters. The molecule has 2 atom stereocenters. The van der Waals surface area contributed by atoms with Gasteiger partial charge in [0.15, 0.2) is 0 Å². The fourth-order valence-corrected chi connectivity index (χ4v) is 2.98. The number of ether oxygens (including phenoxy) is 1. The third-order valence-corrected chi connectivity index (χ3v) is 4.30. The van der Waals surface area contributed by atoms with Gasteiger partial charge in [0.25, 0.3) is 0 Å². The van der Waals surface area contributed by atoms with Crippen molar-refractivity contribution in [1.29, 1.82) is 0 Å². The average Bonchev–Trinajstić information content (AvgIpc) is 3.32. The highest BCUT2D eigenvalue weighted by molar-refractivity contribution is 5.61. The molecule has 0 radical (unpaired) electrons. The molecule has 25 heavy (non-hydrogen) atoms. The minimum absolute atomic E-state index is 0.0575. The quantitative estimate of drug-likeness (QED) is 0.751. The van der Waals surface area contributed by atoms with Crippen LogP contribution in [0.25, 0.3) is 17.3 Å². The van der Waals surface area contributed by atoms with Crippen LogP contribution in [-0.4, -0.2) is 32.6 Å². The molecule has 1 fully saturated rings. The SMILES string of the molecule is C=Cc1ccc(-c2cnc([C@@H]3C[C@H](Oc4cnccn4)CN3)[nH]2)cc1. The molecular formula is C19H19N5O. The lowest BCUT2D eigenvalue weighted by Gasteiger charge is -2.10. The molecule has 0 bridgehead atoms. The van der Waals surface area contributed by atoms with Crippen molar-refractivity contribution in [2.75, 3.05) is 6.54 Å². The van der Waals surface area contributed by atoms with E-state index in [0.29, 0.717) is 5.88 Å². The van der Waals surface area contributed by atoms with E-state index >= 15 is 0 Å². The molecule has 0 saturated carbocycles. The third-order valence-electron chi connectivity index (χ3n) is 4.30.